The molecule has 1 aliphatic carbocycles. The fraction of sp³-hybridized carbons (Fsp3) is 0.521. The lowest BCUT2D eigenvalue weighted by Gasteiger charge is -2.39. The van der Waals surface area contributed by atoms with Crippen molar-refractivity contribution in [1.82, 2.24) is 30.2 Å². The van der Waals surface area contributed by atoms with E-state index in [0.717, 1.165) is 51.0 Å². The number of aromatic hydroxyl groups is 1. The largest absolute Gasteiger partial charge is 0.508 e. The number of nitrogens with one attached hydrogen (secondary N) is 2. The number of phenolic OH excluding ortho intramolecular Hbond substituents is 1. The van der Waals surface area contributed by atoms with Crippen molar-refractivity contribution < 1.29 is 33.8 Å². The van der Waals surface area contributed by atoms with Crippen molar-refractivity contribution in [2.75, 3.05) is 27.3 Å². The van der Waals surface area contributed by atoms with Crippen LogP contribution in [-0.2, 0) is 48.0 Å². The molecule has 68 heavy (non-hydrogen) atoms. The molecule has 4 aromatic rings. The standard InChI is InChI=1S/C48H63N7O7.6H2S/c1-9-54-40-17-14-30-24-35(40)36(43(54)34-12-10-18-50-41(34)28(4)61-8)25-48(5,6)26-62-47(60)38-13-11-19-55(52-38)46(59)39(22-29-20-31(30)23-32(56)21-29)51-44(57)42(27(2)3)53(7)45(58)33-15-16-37(33)49;;;;;;/h10,12,14,17-18,20-21,23-24,27-28,33,37-39,42,52,56H,9,11,13,15-16,19,22,25-26,49H2,1-8H3,(H,51,57);6*1H2/t28-,33-,37-,38-,39-,42-;;;;;;/m0....../s1. The summed E-state index contributed by atoms with van der Waals surface area (Å²) in [5.41, 5.74) is 15.8. The molecule has 1 saturated carbocycles. The van der Waals surface area contributed by atoms with Gasteiger partial charge in [0, 0.05) is 67.8 Å². The van der Waals surface area contributed by atoms with Crippen LogP contribution in [0, 0.1) is 17.3 Å². The summed E-state index contributed by atoms with van der Waals surface area (Å²) in [5.74, 6) is -2.22. The van der Waals surface area contributed by atoms with E-state index in [-0.39, 0.29) is 130 Å². The fourth-order valence-electron chi connectivity index (χ4n) is 9.48. The van der Waals surface area contributed by atoms with Crippen molar-refractivity contribution >= 4 is 116 Å². The highest BCUT2D eigenvalue weighted by Gasteiger charge is 2.41. The van der Waals surface area contributed by atoms with Gasteiger partial charge in [-0.25, -0.2) is 5.43 Å². The van der Waals surface area contributed by atoms with Crippen LogP contribution in [0.3, 0.4) is 0 Å². The summed E-state index contributed by atoms with van der Waals surface area (Å²) in [4.78, 5) is 62.6. The second-order valence-corrected chi connectivity index (χ2v) is 18.5. The number of nitrogens with two attached hydrogens (primary N) is 1. The number of likely N-dealkylation sites (N-methyl/N-ethyl adjacent to an activating group) is 1. The van der Waals surface area contributed by atoms with Gasteiger partial charge in [0.25, 0.3) is 5.91 Å². The maximum absolute atomic E-state index is 14.6. The Morgan fingerprint density at radius 2 is 1.72 bits per heavy atom. The number of pyridine rings is 1. The summed E-state index contributed by atoms with van der Waals surface area (Å²) in [6, 6.07) is 12.5. The molecular weight excluding hydrogens is 979 g/mol. The van der Waals surface area contributed by atoms with E-state index in [9.17, 15) is 24.3 Å². The number of hydrazine groups is 1. The molecule has 2 fully saturated rings. The van der Waals surface area contributed by atoms with Crippen LogP contribution in [0.5, 0.6) is 5.75 Å². The number of ether oxygens (including phenoxy) is 2. The molecule has 6 bridgehead atoms. The summed E-state index contributed by atoms with van der Waals surface area (Å²) in [7, 11) is 3.29. The first kappa shape index (κ1) is 62.8. The first-order chi connectivity index (χ1) is 29.5. The van der Waals surface area contributed by atoms with Crippen LogP contribution in [0.15, 0.2) is 54.7 Å². The minimum absolute atomic E-state index is 0. The Morgan fingerprint density at radius 1 is 1.01 bits per heavy atom. The molecule has 3 amide bonds. The van der Waals surface area contributed by atoms with Crippen LogP contribution in [-0.4, -0.2) is 99.7 Å². The van der Waals surface area contributed by atoms with Crippen molar-refractivity contribution in [3.05, 3.63) is 71.5 Å². The van der Waals surface area contributed by atoms with Gasteiger partial charge in [0.15, 0.2) is 0 Å². The third-order valence-corrected chi connectivity index (χ3v) is 13.0. The van der Waals surface area contributed by atoms with Gasteiger partial charge in [0.1, 0.15) is 23.9 Å². The number of benzene rings is 2. The average Bonchev–Trinajstić information content (AvgIpc) is 3.54. The van der Waals surface area contributed by atoms with Gasteiger partial charge >= 0.3 is 5.97 Å². The van der Waals surface area contributed by atoms with Crippen LogP contribution in [0.2, 0.25) is 0 Å². The SMILES string of the molecule is CCn1c(-c2cccnc2[C@H](C)OC)c2c3cc(ccc31)-c1cc(O)cc(c1)C[C@H](NC(=O)[C@H](C(C)C)N(C)C(=O)[C@H]1CC[C@@H]1N)C(=O)N1CCC[C@H](N1)C(=O)OCC(C)(C)C2.S.S.S.S.S.S. The Kier molecular flexibility index (Phi) is 24.3. The minimum Gasteiger partial charge on any atom is -0.508 e. The van der Waals surface area contributed by atoms with Crippen LogP contribution in [0.4, 0.5) is 0 Å². The zero-order chi connectivity index (χ0) is 44.6. The van der Waals surface area contributed by atoms with Crippen molar-refractivity contribution in [2.45, 2.75) is 117 Å². The highest BCUT2D eigenvalue weighted by molar-refractivity contribution is 7.60. The molecule has 2 aromatic carbocycles. The second kappa shape index (κ2) is 26.3. The number of cyclic esters (lactones) is 1. The molecule has 1 saturated heterocycles. The van der Waals surface area contributed by atoms with Crippen LogP contribution < -0.4 is 16.5 Å². The summed E-state index contributed by atoms with van der Waals surface area (Å²) >= 11 is 0. The maximum atomic E-state index is 14.6. The Balaban J connectivity index is 0.00000385. The highest BCUT2D eigenvalue weighted by atomic mass is 32.1. The van der Waals surface area contributed by atoms with Crippen molar-refractivity contribution in [3.63, 3.8) is 0 Å². The number of hydrogen-bond acceptors (Lipinski definition) is 10. The lowest BCUT2D eigenvalue weighted by Crippen LogP contribution is -2.62. The predicted octanol–water partition coefficient (Wildman–Crippen LogP) is 6.35. The average molecular weight is 1050 g/mol. The lowest BCUT2D eigenvalue weighted by molar-refractivity contribution is -0.155. The molecule has 3 aliphatic rings. The van der Waals surface area contributed by atoms with E-state index in [0.29, 0.717) is 44.3 Å². The zero-order valence-corrected chi connectivity index (χ0v) is 46.4. The van der Waals surface area contributed by atoms with Crippen LogP contribution >= 0.6 is 81.0 Å². The van der Waals surface area contributed by atoms with E-state index in [4.69, 9.17) is 20.2 Å². The lowest BCUT2D eigenvalue weighted by atomic mass is 9.79. The van der Waals surface area contributed by atoms with Crippen molar-refractivity contribution in [1.29, 1.82) is 0 Å². The van der Waals surface area contributed by atoms with Crippen LogP contribution in [0.1, 0.15) is 90.2 Å². The number of aromatic nitrogens is 2. The van der Waals surface area contributed by atoms with E-state index in [1.807, 2.05) is 39.0 Å². The minimum atomic E-state index is -1.12. The number of hydrogen-bond donors (Lipinski definition) is 4. The van der Waals surface area contributed by atoms with E-state index in [2.05, 4.69) is 54.3 Å². The first-order valence-corrected chi connectivity index (χ1v) is 22.0. The number of aryl methyl sites for hydroxylation is 1. The van der Waals surface area contributed by atoms with Gasteiger partial charge < -0.3 is 35.1 Å². The fourth-order valence-corrected chi connectivity index (χ4v) is 9.48. The molecule has 380 valence electrons. The normalized spacial score (nSPS) is 20.6. The van der Waals surface area contributed by atoms with Crippen LogP contribution in [0.25, 0.3) is 33.3 Å². The molecule has 5 N–H and O–H groups in total. The van der Waals surface area contributed by atoms with Gasteiger partial charge in [-0.3, -0.25) is 29.2 Å². The van der Waals surface area contributed by atoms with Crippen molar-refractivity contribution in [3.8, 4) is 28.1 Å². The topological polar surface area (TPSA) is 181 Å². The highest BCUT2D eigenvalue weighted by Crippen LogP contribution is 2.42. The van der Waals surface area contributed by atoms with Gasteiger partial charge in [0.05, 0.1) is 30.0 Å². The van der Waals surface area contributed by atoms with E-state index in [1.165, 1.54) is 9.91 Å². The maximum Gasteiger partial charge on any atom is 0.324 e. The summed E-state index contributed by atoms with van der Waals surface area (Å²) < 4.78 is 14.2. The Hall–Kier alpha value is -3.21. The molecular formula is C48H75N7O7S6. The predicted molar refractivity (Wildman–Crippen MR) is 300 cm³/mol. The molecule has 4 heterocycles. The third-order valence-electron chi connectivity index (χ3n) is 13.0. The second-order valence-electron chi connectivity index (χ2n) is 18.5. The smallest absolute Gasteiger partial charge is 0.324 e. The number of methoxy groups -OCH3 is 1. The molecule has 2 aromatic heterocycles. The molecule has 6 atom stereocenters. The molecule has 7 rings (SSSR count). The quantitative estimate of drug-likeness (QED) is 0.138. The summed E-state index contributed by atoms with van der Waals surface area (Å²) in [5, 5.41) is 16.7. The summed E-state index contributed by atoms with van der Waals surface area (Å²) in [6.07, 6.45) is 4.49. The third kappa shape index (κ3) is 13.2. The number of nitrogens with zero attached hydrogens (tertiary/aromatic N) is 4. The molecule has 0 radical (unpaired) electrons. The Morgan fingerprint density at radius 3 is 2.34 bits per heavy atom. The number of phenols is 1. The van der Waals surface area contributed by atoms with Crippen molar-refractivity contribution in [2.24, 2.45) is 23.0 Å². The zero-order valence-electron chi connectivity index (χ0n) is 40.4. The first-order valence-electron chi connectivity index (χ1n) is 22.0. The van der Waals surface area contributed by atoms with Gasteiger partial charge in [-0.1, -0.05) is 39.8 Å². The van der Waals surface area contributed by atoms with E-state index >= 15 is 0 Å². The molecule has 2 aliphatic heterocycles. The number of esters is 1. The number of fused-ring (bicyclic) bond motifs is 6. The molecule has 0 spiro atoms. The number of amides is 3. The number of rotatable bonds is 9. The van der Waals surface area contributed by atoms with Gasteiger partial charge in [0.2, 0.25) is 11.8 Å². The van der Waals surface area contributed by atoms with E-state index < -0.39 is 41.3 Å². The molecule has 14 nitrogen and oxygen atoms in total. The Labute approximate surface area is 443 Å². The van der Waals surface area contributed by atoms with E-state index in [1.54, 1.807) is 32.5 Å². The summed E-state index contributed by atoms with van der Waals surface area (Å²) in [6.45, 7) is 13.1. The molecule has 0 unspecified atom stereocenters. The Bertz CT molecular complexity index is 2370. The van der Waals surface area contributed by atoms with Gasteiger partial charge in [-0.05, 0) is 111 Å². The number of carbonyl (C=O) groups excluding carboxylic acids is 4. The van der Waals surface area contributed by atoms with Gasteiger partial charge in [-0.15, -0.1) is 0 Å². The number of carbonyl (C=O) groups is 4. The monoisotopic (exact) mass is 1050 g/mol. The molecule has 20 heteroatoms. The van der Waals surface area contributed by atoms with Gasteiger partial charge in [-0.2, -0.15) is 81.0 Å².